The van der Waals surface area contributed by atoms with Crippen molar-refractivity contribution in [2.24, 2.45) is 0 Å². The number of hydrogen-bond acceptors (Lipinski definition) is 4. The Balaban J connectivity index is 2.21. The Labute approximate surface area is 116 Å². The van der Waals surface area contributed by atoms with Crippen molar-refractivity contribution >= 4 is 11.8 Å². The molecule has 0 unspecified atom stereocenters. The van der Waals surface area contributed by atoms with Crippen LogP contribution in [0.2, 0.25) is 0 Å². The summed E-state index contributed by atoms with van der Waals surface area (Å²) in [6.07, 6.45) is 3.38. The highest BCUT2D eigenvalue weighted by molar-refractivity contribution is 5.98. The average molecular weight is 273 g/mol. The highest BCUT2D eigenvalue weighted by Gasteiger charge is 2.23. The van der Waals surface area contributed by atoms with E-state index in [4.69, 9.17) is 5.11 Å². The van der Waals surface area contributed by atoms with E-state index in [1.807, 2.05) is 0 Å². The van der Waals surface area contributed by atoms with Gasteiger partial charge in [-0.2, -0.15) is 0 Å². The highest BCUT2D eigenvalue weighted by atomic mass is 16.2. The fourth-order valence-electron chi connectivity index (χ4n) is 1.88. The molecule has 1 fully saturated rings. The third kappa shape index (κ3) is 3.33. The summed E-state index contributed by atoms with van der Waals surface area (Å²) in [6, 6.07) is 1.60. The van der Waals surface area contributed by atoms with Crippen LogP contribution >= 0.6 is 0 Å². The van der Waals surface area contributed by atoms with Gasteiger partial charge in [0.15, 0.2) is 0 Å². The molecule has 0 aromatic carbocycles. The summed E-state index contributed by atoms with van der Waals surface area (Å²) < 4.78 is 0. The monoisotopic (exact) mass is 273 g/mol. The number of piperazine rings is 1. The number of aromatic nitrogens is 1. The number of carbonyl (C=O) groups excluding carboxylic acids is 2. The van der Waals surface area contributed by atoms with Crippen LogP contribution in [-0.2, 0) is 4.79 Å². The molecule has 1 aliphatic rings. The number of nitrogens with zero attached hydrogens (tertiary/aromatic N) is 2. The Morgan fingerprint density at radius 2 is 2.40 bits per heavy atom. The van der Waals surface area contributed by atoms with Crippen molar-refractivity contribution in [3.05, 3.63) is 29.6 Å². The first kappa shape index (κ1) is 14.0. The molecule has 2 amide bonds. The molecular formula is C14H15N3O3. The third-order valence-electron chi connectivity index (χ3n) is 2.84. The first-order valence-corrected chi connectivity index (χ1v) is 6.32. The predicted octanol–water partition coefficient (Wildman–Crippen LogP) is -0.612. The summed E-state index contributed by atoms with van der Waals surface area (Å²) in [4.78, 5) is 29.2. The molecule has 0 atom stereocenters. The van der Waals surface area contributed by atoms with Gasteiger partial charge in [0.05, 0.1) is 24.3 Å². The summed E-state index contributed by atoms with van der Waals surface area (Å²) >= 11 is 0. The van der Waals surface area contributed by atoms with Crippen molar-refractivity contribution in [1.82, 2.24) is 15.2 Å². The Morgan fingerprint density at radius 3 is 3.15 bits per heavy atom. The van der Waals surface area contributed by atoms with Gasteiger partial charge in [-0.3, -0.25) is 14.6 Å². The Bertz CT molecular complexity index is 575. The molecule has 1 saturated heterocycles. The van der Waals surface area contributed by atoms with Gasteiger partial charge in [-0.1, -0.05) is 11.8 Å². The molecule has 0 spiro atoms. The predicted molar refractivity (Wildman–Crippen MR) is 71.7 cm³/mol. The largest absolute Gasteiger partial charge is 0.395 e. The zero-order valence-electron chi connectivity index (χ0n) is 10.9. The van der Waals surface area contributed by atoms with Crippen molar-refractivity contribution in [3.8, 4) is 11.8 Å². The summed E-state index contributed by atoms with van der Waals surface area (Å²) in [6.45, 7) is 0.977. The van der Waals surface area contributed by atoms with Crippen LogP contribution in [0.25, 0.3) is 0 Å². The number of amides is 2. The van der Waals surface area contributed by atoms with E-state index < -0.39 is 0 Å². The van der Waals surface area contributed by atoms with Gasteiger partial charge >= 0.3 is 0 Å². The van der Waals surface area contributed by atoms with Crippen LogP contribution in [0.3, 0.4) is 0 Å². The van der Waals surface area contributed by atoms with Crippen LogP contribution in [0, 0.1) is 11.8 Å². The Morgan fingerprint density at radius 1 is 1.55 bits per heavy atom. The van der Waals surface area contributed by atoms with Crippen molar-refractivity contribution < 1.29 is 14.7 Å². The number of carbonyl (C=O) groups is 2. The molecule has 2 N–H and O–H groups in total. The number of rotatable bonds is 2. The lowest BCUT2D eigenvalue weighted by atomic mass is 10.1. The third-order valence-corrected chi connectivity index (χ3v) is 2.84. The lowest BCUT2D eigenvalue weighted by Crippen LogP contribution is -2.50. The molecule has 2 heterocycles. The van der Waals surface area contributed by atoms with Crippen LogP contribution in [0.4, 0.5) is 0 Å². The number of nitrogens with one attached hydrogen (secondary N) is 1. The summed E-state index contributed by atoms with van der Waals surface area (Å²) in [5.74, 6) is 5.21. The molecule has 20 heavy (non-hydrogen) atoms. The smallest absolute Gasteiger partial charge is 0.255 e. The summed E-state index contributed by atoms with van der Waals surface area (Å²) in [7, 11) is 0. The number of aliphatic hydroxyl groups is 1. The minimum atomic E-state index is -0.226. The molecule has 0 radical (unpaired) electrons. The topological polar surface area (TPSA) is 82.5 Å². The van der Waals surface area contributed by atoms with E-state index >= 15 is 0 Å². The molecule has 0 bridgehead atoms. The second-order valence-electron chi connectivity index (χ2n) is 4.27. The van der Waals surface area contributed by atoms with Crippen molar-refractivity contribution in [2.45, 2.75) is 6.42 Å². The maximum atomic E-state index is 12.4. The van der Waals surface area contributed by atoms with Crippen molar-refractivity contribution in [1.29, 1.82) is 0 Å². The molecular weight excluding hydrogens is 258 g/mol. The fraction of sp³-hybridized carbons (Fsp3) is 0.357. The summed E-state index contributed by atoms with van der Waals surface area (Å²) in [5.41, 5.74) is 0.942. The summed E-state index contributed by atoms with van der Waals surface area (Å²) in [5, 5.41) is 11.4. The number of aliphatic hydroxyl groups excluding tert-OH is 1. The van der Waals surface area contributed by atoms with Crippen LogP contribution in [0.15, 0.2) is 18.5 Å². The Hall–Kier alpha value is -2.39. The number of hydrogen-bond donors (Lipinski definition) is 2. The van der Waals surface area contributed by atoms with Crippen LogP contribution in [0.5, 0.6) is 0 Å². The van der Waals surface area contributed by atoms with Gasteiger partial charge in [0.25, 0.3) is 5.91 Å². The lowest BCUT2D eigenvalue weighted by molar-refractivity contribution is -0.123. The minimum Gasteiger partial charge on any atom is -0.395 e. The molecule has 104 valence electrons. The first-order valence-electron chi connectivity index (χ1n) is 6.32. The van der Waals surface area contributed by atoms with E-state index in [0.717, 1.165) is 0 Å². The zero-order valence-corrected chi connectivity index (χ0v) is 10.9. The first-order chi connectivity index (χ1) is 9.72. The van der Waals surface area contributed by atoms with E-state index in [1.54, 1.807) is 6.07 Å². The second kappa shape index (κ2) is 6.68. The van der Waals surface area contributed by atoms with Gasteiger partial charge in [-0.15, -0.1) is 0 Å². The van der Waals surface area contributed by atoms with Gasteiger partial charge in [-0.05, 0) is 6.07 Å². The molecule has 6 heteroatoms. The standard InChI is InChI=1S/C14H15N3O3/c18-8-2-1-3-11-9-15-5-4-12(11)14(20)17-7-6-16-13(19)10-17/h4-5,9,18H,2,6-8,10H2,(H,16,19). The van der Waals surface area contributed by atoms with E-state index in [-0.39, 0.29) is 25.0 Å². The van der Waals surface area contributed by atoms with E-state index in [2.05, 4.69) is 22.1 Å². The molecule has 2 rings (SSSR count). The van der Waals surface area contributed by atoms with Gasteiger partial charge < -0.3 is 15.3 Å². The minimum absolute atomic E-state index is 0.0250. The molecule has 1 aromatic heterocycles. The molecule has 0 aliphatic carbocycles. The molecule has 0 saturated carbocycles. The SMILES string of the molecule is O=C1CN(C(=O)c2ccncc2C#CCCO)CCN1. The lowest BCUT2D eigenvalue weighted by Gasteiger charge is -2.26. The highest BCUT2D eigenvalue weighted by Crippen LogP contribution is 2.10. The van der Waals surface area contributed by atoms with Gasteiger partial charge in [0, 0.05) is 31.9 Å². The second-order valence-corrected chi connectivity index (χ2v) is 4.27. The van der Waals surface area contributed by atoms with Crippen molar-refractivity contribution in [3.63, 3.8) is 0 Å². The Kier molecular flexibility index (Phi) is 4.69. The van der Waals surface area contributed by atoms with Gasteiger partial charge in [0.1, 0.15) is 0 Å². The average Bonchev–Trinajstić information content (AvgIpc) is 2.47. The normalized spacial score (nSPS) is 14.2. The maximum Gasteiger partial charge on any atom is 0.255 e. The fourth-order valence-corrected chi connectivity index (χ4v) is 1.88. The zero-order chi connectivity index (χ0) is 14.4. The quantitative estimate of drug-likeness (QED) is 0.704. The molecule has 1 aromatic rings. The van der Waals surface area contributed by atoms with Crippen LogP contribution in [0.1, 0.15) is 22.3 Å². The van der Waals surface area contributed by atoms with E-state index in [1.165, 1.54) is 17.3 Å². The number of pyridine rings is 1. The molecule has 1 aliphatic heterocycles. The maximum absolute atomic E-state index is 12.4. The van der Waals surface area contributed by atoms with Gasteiger partial charge in [0.2, 0.25) is 5.91 Å². The van der Waals surface area contributed by atoms with E-state index in [9.17, 15) is 9.59 Å². The van der Waals surface area contributed by atoms with E-state index in [0.29, 0.717) is 30.6 Å². The molecule has 6 nitrogen and oxygen atoms in total. The van der Waals surface area contributed by atoms with Gasteiger partial charge in [-0.25, -0.2) is 0 Å². The van der Waals surface area contributed by atoms with Crippen LogP contribution < -0.4 is 5.32 Å². The van der Waals surface area contributed by atoms with Crippen LogP contribution in [-0.4, -0.2) is 53.0 Å². The van der Waals surface area contributed by atoms with Crippen molar-refractivity contribution in [2.75, 3.05) is 26.2 Å².